The van der Waals surface area contributed by atoms with E-state index in [9.17, 15) is 14.4 Å². The number of aryl methyl sites for hydroxylation is 1. The summed E-state index contributed by atoms with van der Waals surface area (Å²) in [5.74, 6) is 0.417. The predicted molar refractivity (Wildman–Crippen MR) is 113 cm³/mol. The molecule has 2 aliphatic heterocycles. The first kappa shape index (κ1) is 20.1. The molecule has 1 fully saturated rings. The lowest BCUT2D eigenvalue weighted by Gasteiger charge is -2.44. The summed E-state index contributed by atoms with van der Waals surface area (Å²) in [4.78, 5) is 39.2. The van der Waals surface area contributed by atoms with E-state index >= 15 is 0 Å². The normalized spacial score (nSPS) is 17.3. The van der Waals surface area contributed by atoms with Crippen molar-refractivity contribution in [2.75, 3.05) is 19.6 Å². The number of likely N-dealkylation sites (tertiary alicyclic amines) is 1. The second-order valence-electron chi connectivity index (χ2n) is 8.20. The van der Waals surface area contributed by atoms with E-state index in [4.69, 9.17) is 4.74 Å². The number of benzene rings is 2. The Hall–Kier alpha value is -3.15. The number of ether oxygens (including phenoxy) is 1. The fraction of sp³-hybridized carbons (Fsp3) is 0.375. The Morgan fingerprint density at radius 1 is 1.07 bits per heavy atom. The van der Waals surface area contributed by atoms with Crippen molar-refractivity contribution in [3.63, 3.8) is 0 Å². The maximum absolute atomic E-state index is 12.7. The Morgan fingerprint density at radius 2 is 1.77 bits per heavy atom. The van der Waals surface area contributed by atoms with Gasteiger partial charge in [0.2, 0.25) is 5.91 Å². The molecule has 1 N–H and O–H groups in total. The topological polar surface area (TPSA) is 75.7 Å². The van der Waals surface area contributed by atoms with Gasteiger partial charge >= 0.3 is 0 Å². The summed E-state index contributed by atoms with van der Waals surface area (Å²) in [5, 5.41) is 2.69. The molecular formula is C24H26N2O4. The van der Waals surface area contributed by atoms with Gasteiger partial charge in [-0.15, -0.1) is 0 Å². The molecule has 1 spiro atoms. The standard InChI is InChI=1S/C24H26N2O4/c1-16-8-9-19-20(27)14-24(30-22(19)17(16)2)10-12-26(13-11-24)21(28)15-25-23(29)18-6-4-3-5-7-18/h3-9H,10-15H2,1-2H3,(H,25,29). The molecule has 156 valence electrons. The summed E-state index contributed by atoms with van der Waals surface area (Å²) < 4.78 is 6.40. The lowest BCUT2D eigenvalue weighted by molar-refractivity contribution is -0.133. The minimum Gasteiger partial charge on any atom is -0.486 e. The van der Waals surface area contributed by atoms with E-state index in [2.05, 4.69) is 5.32 Å². The van der Waals surface area contributed by atoms with E-state index in [1.165, 1.54) is 0 Å². The number of Topliss-reactive ketones (excluding diaryl/α,β-unsaturated/α-hetero) is 1. The molecule has 0 atom stereocenters. The van der Waals surface area contributed by atoms with Crippen LogP contribution in [0.5, 0.6) is 5.75 Å². The van der Waals surface area contributed by atoms with Crippen molar-refractivity contribution < 1.29 is 19.1 Å². The molecule has 6 heteroatoms. The highest BCUT2D eigenvalue weighted by atomic mass is 16.5. The first-order valence-electron chi connectivity index (χ1n) is 10.3. The van der Waals surface area contributed by atoms with Gasteiger partial charge in [-0.25, -0.2) is 0 Å². The number of ketones is 1. The molecule has 0 aliphatic carbocycles. The van der Waals surface area contributed by atoms with E-state index in [1.54, 1.807) is 29.2 Å². The highest BCUT2D eigenvalue weighted by Gasteiger charge is 2.44. The fourth-order valence-electron chi connectivity index (χ4n) is 4.18. The number of carbonyl (C=O) groups excluding carboxylic acids is 3. The van der Waals surface area contributed by atoms with Crippen molar-refractivity contribution in [3.8, 4) is 5.75 Å². The second-order valence-corrected chi connectivity index (χ2v) is 8.20. The molecule has 2 aliphatic rings. The van der Waals surface area contributed by atoms with E-state index < -0.39 is 5.60 Å². The third-order valence-corrected chi connectivity index (χ3v) is 6.24. The van der Waals surface area contributed by atoms with Crippen LogP contribution >= 0.6 is 0 Å². The lowest BCUT2D eigenvalue weighted by Crippen LogP contribution is -2.53. The second kappa shape index (κ2) is 7.94. The maximum Gasteiger partial charge on any atom is 0.251 e. The Bertz CT molecular complexity index is 992. The van der Waals surface area contributed by atoms with Crippen LogP contribution in [-0.4, -0.2) is 47.7 Å². The van der Waals surface area contributed by atoms with Crippen LogP contribution < -0.4 is 10.1 Å². The molecule has 30 heavy (non-hydrogen) atoms. The van der Waals surface area contributed by atoms with Gasteiger partial charge in [0, 0.05) is 31.5 Å². The molecule has 6 nitrogen and oxygen atoms in total. The van der Waals surface area contributed by atoms with Crippen molar-refractivity contribution in [1.29, 1.82) is 0 Å². The Balaban J connectivity index is 1.37. The van der Waals surface area contributed by atoms with Crippen LogP contribution in [0, 0.1) is 13.8 Å². The summed E-state index contributed by atoms with van der Waals surface area (Å²) >= 11 is 0. The van der Waals surface area contributed by atoms with Gasteiger partial charge in [-0.3, -0.25) is 14.4 Å². The molecule has 0 unspecified atom stereocenters. The van der Waals surface area contributed by atoms with Gasteiger partial charge in [0.25, 0.3) is 5.91 Å². The molecule has 0 bridgehead atoms. The van der Waals surface area contributed by atoms with E-state index in [0.29, 0.717) is 49.2 Å². The Kier molecular flexibility index (Phi) is 5.33. The maximum atomic E-state index is 12.7. The van der Waals surface area contributed by atoms with Crippen molar-refractivity contribution in [1.82, 2.24) is 10.2 Å². The number of hydrogen-bond donors (Lipinski definition) is 1. The van der Waals surface area contributed by atoms with Crippen LogP contribution in [0.1, 0.15) is 51.1 Å². The monoisotopic (exact) mass is 406 g/mol. The third kappa shape index (κ3) is 3.82. The van der Waals surface area contributed by atoms with Crippen LogP contribution in [-0.2, 0) is 4.79 Å². The molecule has 2 aromatic rings. The minimum atomic E-state index is -0.549. The van der Waals surface area contributed by atoms with E-state index in [-0.39, 0.29) is 24.1 Å². The molecule has 4 rings (SSSR count). The summed E-state index contributed by atoms with van der Waals surface area (Å²) in [7, 11) is 0. The average molecular weight is 406 g/mol. The average Bonchev–Trinajstić information content (AvgIpc) is 2.76. The zero-order valence-corrected chi connectivity index (χ0v) is 17.4. The van der Waals surface area contributed by atoms with Crippen LogP contribution in [0.4, 0.5) is 0 Å². The molecule has 2 amide bonds. The summed E-state index contributed by atoms with van der Waals surface area (Å²) in [6.45, 7) is 4.97. The van der Waals surface area contributed by atoms with Crippen LogP contribution in [0.25, 0.3) is 0 Å². The van der Waals surface area contributed by atoms with Crippen LogP contribution in [0.3, 0.4) is 0 Å². The number of rotatable bonds is 3. The largest absolute Gasteiger partial charge is 0.486 e. The van der Waals surface area contributed by atoms with Crippen molar-refractivity contribution in [2.45, 2.75) is 38.7 Å². The zero-order valence-electron chi connectivity index (χ0n) is 17.4. The first-order valence-corrected chi connectivity index (χ1v) is 10.3. The highest BCUT2D eigenvalue weighted by Crippen LogP contribution is 2.41. The predicted octanol–water partition coefficient (Wildman–Crippen LogP) is 3.06. The third-order valence-electron chi connectivity index (χ3n) is 6.24. The van der Waals surface area contributed by atoms with Gasteiger partial charge in [0.05, 0.1) is 18.5 Å². The lowest BCUT2D eigenvalue weighted by atomic mass is 9.81. The van der Waals surface area contributed by atoms with Crippen molar-refractivity contribution in [2.24, 2.45) is 0 Å². The molecule has 0 radical (unpaired) electrons. The molecule has 2 heterocycles. The molecule has 1 saturated heterocycles. The van der Waals surface area contributed by atoms with Gasteiger partial charge in [0.1, 0.15) is 11.4 Å². The first-order chi connectivity index (χ1) is 14.4. The van der Waals surface area contributed by atoms with Gasteiger partial charge in [-0.1, -0.05) is 24.3 Å². The zero-order chi connectivity index (χ0) is 21.3. The summed E-state index contributed by atoms with van der Waals surface area (Å²) in [6.07, 6.45) is 1.54. The quantitative estimate of drug-likeness (QED) is 0.850. The fourth-order valence-corrected chi connectivity index (χ4v) is 4.18. The van der Waals surface area contributed by atoms with Crippen molar-refractivity contribution >= 4 is 17.6 Å². The number of hydrogen-bond acceptors (Lipinski definition) is 4. The number of nitrogens with zero attached hydrogens (tertiary/aromatic N) is 1. The Labute approximate surface area is 176 Å². The number of nitrogens with one attached hydrogen (secondary N) is 1. The molecule has 0 aromatic heterocycles. The smallest absolute Gasteiger partial charge is 0.251 e. The van der Waals surface area contributed by atoms with Crippen LogP contribution in [0.2, 0.25) is 0 Å². The van der Waals surface area contributed by atoms with Crippen LogP contribution in [0.15, 0.2) is 42.5 Å². The molecule has 0 saturated carbocycles. The number of carbonyl (C=O) groups is 3. The van der Waals surface area contributed by atoms with Gasteiger partial charge < -0.3 is 15.0 Å². The van der Waals surface area contributed by atoms with E-state index in [0.717, 1.165) is 11.1 Å². The van der Waals surface area contributed by atoms with Gasteiger partial charge in [-0.2, -0.15) is 0 Å². The number of piperidine rings is 1. The van der Waals surface area contributed by atoms with Crippen molar-refractivity contribution in [3.05, 3.63) is 64.7 Å². The number of fused-ring (bicyclic) bond motifs is 1. The molecule has 2 aromatic carbocycles. The molecular weight excluding hydrogens is 380 g/mol. The highest BCUT2D eigenvalue weighted by molar-refractivity contribution is 6.01. The SMILES string of the molecule is Cc1ccc2c(c1C)OC1(CCN(C(=O)CNC(=O)c3ccccc3)CC1)CC2=O. The summed E-state index contributed by atoms with van der Waals surface area (Å²) in [6, 6.07) is 12.6. The van der Waals surface area contributed by atoms with E-state index in [1.807, 2.05) is 32.0 Å². The summed E-state index contributed by atoms with van der Waals surface area (Å²) in [5.41, 5.74) is 2.74. The minimum absolute atomic E-state index is 0.0400. The Morgan fingerprint density at radius 3 is 2.47 bits per heavy atom. The van der Waals surface area contributed by atoms with Gasteiger partial charge in [0.15, 0.2) is 5.78 Å². The number of amides is 2. The van der Waals surface area contributed by atoms with Gasteiger partial charge in [-0.05, 0) is 43.2 Å².